The largest absolute Gasteiger partial charge is 0.496 e. The lowest BCUT2D eigenvalue weighted by Gasteiger charge is -2.44. The van der Waals surface area contributed by atoms with E-state index in [1.807, 2.05) is 0 Å². The van der Waals surface area contributed by atoms with Crippen LogP contribution in [0.4, 0.5) is 0 Å². The van der Waals surface area contributed by atoms with E-state index in [9.17, 15) is 33.6 Å². The number of hydrogen-bond acceptors (Lipinski definition) is 17. The molecule has 0 radical (unpaired) electrons. The number of fused-ring (bicyclic) bond motifs is 1. The van der Waals surface area contributed by atoms with E-state index in [-0.39, 0.29) is 45.3 Å². The highest BCUT2D eigenvalue weighted by Crippen LogP contribution is 2.42. The fourth-order valence-electron chi connectivity index (χ4n) is 5.21. The van der Waals surface area contributed by atoms with Gasteiger partial charge in [-0.2, -0.15) is 0 Å². The Morgan fingerprint density at radius 1 is 0.686 bits per heavy atom. The van der Waals surface area contributed by atoms with Gasteiger partial charge in [0.2, 0.25) is 12.4 Å². The minimum atomic E-state index is -1.69. The van der Waals surface area contributed by atoms with Crippen molar-refractivity contribution in [2.75, 3.05) is 13.7 Å². The first kappa shape index (κ1) is 37.8. The van der Waals surface area contributed by atoms with E-state index < -0.39 is 78.6 Å². The Hall–Kier alpha value is -5.97. The number of hydrogen-bond donors (Lipinski definition) is 0. The van der Waals surface area contributed by atoms with Gasteiger partial charge < -0.3 is 47.0 Å². The minimum absolute atomic E-state index is 0.0935. The summed E-state index contributed by atoms with van der Waals surface area (Å²) in [5.74, 6) is -5.28. The normalized spacial score (nSPS) is 19.6. The maximum atomic E-state index is 13.6. The second kappa shape index (κ2) is 16.2. The lowest BCUT2D eigenvalue weighted by atomic mass is 9.98. The minimum Gasteiger partial charge on any atom is -0.496 e. The third-order valence-corrected chi connectivity index (χ3v) is 6.94. The average molecular weight is 715 g/mol. The zero-order chi connectivity index (χ0) is 37.6. The van der Waals surface area contributed by atoms with Crippen LogP contribution in [0.2, 0.25) is 0 Å². The number of ether oxygens (including phenoxy) is 9. The summed E-state index contributed by atoms with van der Waals surface area (Å²) in [6, 6.07) is 7.88. The summed E-state index contributed by atoms with van der Waals surface area (Å²) in [5.41, 5.74) is -0.888. The molecular weight excluding hydrogens is 680 g/mol. The van der Waals surface area contributed by atoms with Gasteiger partial charge in [0.1, 0.15) is 58.0 Å². The Bertz CT molecular complexity index is 1910. The summed E-state index contributed by atoms with van der Waals surface area (Å²) in [6.07, 6.45) is -7.67. The van der Waals surface area contributed by atoms with Gasteiger partial charge in [0.05, 0.1) is 7.11 Å². The number of rotatable bonds is 11. The molecule has 0 N–H and O–H groups in total. The van der Waals surface area contributed by atoms with Crippen molar-refractivity contribution in [3.05, 3.63) is 46.6 Å². The second-order valence-corrected chi connectivity index (χ2v) is 11.0. The van der Waals surface area contributed by atoms with Crippen LogP contribution in [0.25, 0.3) is 22.3 Å². The van der Waals surface area contributed by atoms with Crippen LogP contribution in [0, 0.1) is 0 Å². The third kappa shape index (κ3) is 9.39. The van der Waals surface area contributed by atoms with Crippen molar-refractivity contribution in [2.24, 2.45) is 0 Å². The fraction of sp³-hybridized carbons (Fsp3) is 0.382. The summed E-state index contributed by atoms with van der Waals surface area (Å²) in [5, 5.41) is -0.109. The molecule has 0 amide bonds. The molecule has 3 aromatic rings. The first-order chi connectivity index (χ1) is 24.1. The van der Waals surface area contributed by atoms with Crippen LogP contribution in [0.3, 0.4) is 0 Å². The highest BCUT2D eigenvalue weighted by Gasteiger charge is 2.53. The molecule has 5 atom stereocenters. The van der Waals surface area contributed by atoms with Crippen LogP contribution in [0.15, 0.2) is 45.6 Å². The molecule has 2 heterocycles. The van der Waals surface area contributed by atoms with Gasteiger partial charge in [-0.15, -0.1) is 0 Å². The molecule has 2 aromatic carbocycles. The van der Waals surface area contributed by atoms with Gasteiger partial charge in [0, 0.05) is 59.7 Å². The Morgan fingerprint density at radius 3 is 1.86 bits per heavy atom. The van der Waals surface area contributed by atoms with Crippen molar-refractivity contribution in [1.82, 2.24) is 0 Å². The summed E-state index contributed by atoms with van der Waals surface area (Å²) in [7, 11) is 1.34. The van der Waals surface area contributed by atoms with E-state index in [0.717, 1.165) is 47.6 Å². The van der Waals surface area contributed by atoms with Gasteiger partial charge in [-0.3, -0.25) is 33.6 Å². The second-order valence-electron chi connectivity index (χ2n) is 11.0. The van der Waals surface area contributed by atoms with Crippen molar-refractivity contribution < 1.29 is 75.8 Å². The van der Waals surface area contributed by atoms with Gasteiger partial charge in [-0.25, -0.2) is 0 Å². The summed E-state index contributed by atoms with van der Waals surface area (Å²) in [4.78, 5) is 86.0. The average Bonchev–Trinajstić information content (AvgIpc) is 3.01. The zero-order valence-electron chi connectivity index (χ0n) is 28.5. The Morgan fingerprint density at radius 2 is 1.27 bits per heavy atom. The number of carbonyl (C=O) groups excluding carboxylic acids is 6. The summed E-state index contributed by atoms with van der Waals surface area (Å²) < 4.78 is 55.8. The number of benzene rings is 2. The molecule has 272 valence electrons. The van der Waals surface area contributed by atoms with E-state index in [4.69, 9.17) is 47.0 Å². The lowest BCUT2D eigenvalue weighted by Crippen LogP contribution is -2.63. The van der Waals surface area contributed by atoms with E-state index in [1.54, 1.807) is 0 Å². The molecule has 0 spiro atoms. The molecular formula is C34H34O17. The molecule has 0 aliphatic carbocycles. The van der Waals surface area contributed by atoms with Crippen molar-refractivity contribution >= 4 is 46.8 Å². The molecule has 51 heavy (non-hydrogen) atoms. The molecule has 17 nitrogen and oxygen atoms in total. The van der Waals surface area contributed by atoms with Crippen LogP contribution in [0.5, 0.6) is 23.0 Å². The van der Waals surface area contributed by atoms with Crippen LogP contribution in [-0.4, -0.2) is 80.2 Å². The maximum absolute atomic E-state index is 13.6. The summed E-state index contributed by atoms with van der Waals surface area (Å²) >= 11 is 0. The van der Waals surface area contributed by atoms with Crippen molar-refractivity contribution in [1.29, 1.82) is 0 Å². The van der Waals surface area contributed by atoms with Gasteiger partial charge in [-0.1, -0.05) is 6.07 Å². The van der Waals surface area contributed by atoms with Crippen molar-refractivity contribution in [2.45, 2.75) is 72.2 Å². The molecule has 4 rings (SSSR count). The molecule has 1 aliphatic rings. The van der Waals surface area contributed by atoms with Gasteiger partial charge in [-0.05, 0) is 12.1 Å². The van der Waals surface area contributed by atoms with Crippen LogP contribution >= 0.6 is 0 Å². The predicted molar refractivity (Wildman–Crippen MR) is 170 cm³/mol. The van der Waals surface area contributed by atoms with Crippen molar-refractivity contribution in [3.8, 4) is 34.3 Å². The predicted octanol–water partition coefficient (Wildman–Crippen LogP) is 2.78. The Balaban J connectivity index is 1.93. The molecule has 0 saturated carbocycles. The molecule has 1 fully saturated rings. The van der Waals surface area contributed by atoms with Gasteiger partial charge >= 0.3 is 35.8 Å². The van der Waals surface area contributed by atoms with E-state index in [0.29, 0.717) is 0 Å². The van der Waals surface area contributed by atoms with Gasteiger partial charge in [0.25, 0.3) is 0 Å². The molecule has 1 saturated heterocycles. The Kier molecular flexibility index (Phi) is 12.0. The topological polar surface area (TPSA) is 216 Å². The smallest absolute Gasteiger partial charge is 0.308 e. The van der Waals surface area contributed by atoms with E-state index >= 15 is 0 Å². The standard InChI is InChI=1S/C34H34O17/c1-15(35)43-14-28-31(46-18(4)38)32(47-19(5)39)33(48-20(6)40)34(51-28)50-24-10-8-9-23(44-16(2)36)30(24)27-13-22(41)29-25(45-17(3)37)11-21(42-7)12-26(29)49-27/h8-13,28,31-34H,14H2,1-7H3/t28-,31-,32+,33-,34-/m1/s1. The molecule has 0 unspecified atom stereocenters. The van der Waals surface area contributed by atoms with Crippen LogP contribution in [-0.2, 0) is 52.5 Å². The number of carbonyl (C=O) groups is 6. The third-order valence-electron chi connectivity index (χ3n) is 6.94. The first-order valence-corrected chi connectivity index (χ1v) is 15.2. The quantitative estimate of drug-likeness (QED) is 0.158. The lowest BCUT2D eigenvalue weighted by molar-refractivity contribution is -0.288. The molecule has 1 aromatic heterocycles. The highest BCUT2D eigenvalue weighted by atomic mass is 16.7. The number of esters is 6. The van der Waals surface area contributed by atoms with Gasteiger partial charge in [0.15, 0.2) is 17.6 Å². The monoisotopic (exact) mass is 714 g/mol. The SMILES string of the molecule is COc1cc(OC(C)=O)c2c(=O)cc(-c3c(OC(C)=O)cccc3O[C@@H]3O[C@H](COC(C)=O)[C@@H](OC(C)=O)[C@H](OC(C)=O)[C@H]3OC(C)=O)oc2c1. The first-order valence-electron chi connectivity index (χ1n) is 15.2. The summed E-state index contributed by atoms with van der Waals surface area (Å²) in [6.45, 7) is 6.07. The van der Waals surface area contributed by atoms with E-state index in [1.165, 1.54) is 37.4 Å². The zero-order valence-corrected chi connectivity index (χ0v) is 28.5. The molecule has 17 heteroatoms. The van der Waals surface area contributed by atoms with Crippen LogP contribution in [0.1, 0.15) is 41.5 Å². The molecule has 0 bridgehead atoms. The highest BCUT2D eigenvalue weighted by molar-refractivity contribution is 5.89. The number of methoxy groups -OCH3 is 1. The van der Waals surface area contributed by atoms with Crippen molar-refractivity contribution in [3.63, 3.8) is 0 Å². The fourth-order valence-corrected chi connectivity index (χ4v) is 5.21. The molecule has 1 aliphatic heterocycles. The van der Waals surface area contributed by atoms with Crippen LogP contribution < -0.4 is 24.4 Å². The Labute approximate surface area is 289 Å². The van der Waals surface area contributed by atoms with E-state index in [2.05, 4.69) is 0 Å². The maximum Gasteiger partial charge on any atom is 0.308 e.